The summed E-state index contributed by atoms with van der Waals surface area (Å²) in [6.07, 6.45) is -0.0336. The second-order valence-corrected chi connectivity index (χ2v) is 8.34. The Morgan fingerprint density at radius 1 is 1.03 bits per heavy atom. The number of hydrogen-bond donors (Lipinski definition) is 4. The zero-order valence-corrected chi connectivity index (χ0v) is 18.6. The summed E-state index contributed by atoms with van der Waals surface area (Å²) < 4.78 is 5.42. The molecule has 2 amide bonds. The SMILES string of the molecule is CC(CO)CCCNC(=O)C(CC(=O)O)NC(=O)OCC1c2ccccc2-c2ccccc21. The van der Waals surface area contributed by atoms with E-state index in [1.807, 2.05) is 55.5 Å². The molecule has 0 spiro atoms. The van der Waals surface area contributed by atoms with Gasteiger partial charge in [-0.05, 0) is 41.0 Å². The van der Waals surface area contributed by atoms with Crippen molar-refractivity contribution in [2.45, 2.75) is 38.1 Å². The average Bonchev–Trinajstić information content (AvgIpc) is 3.13. The minimum Gasteiger partial charge on any atom is -0.481 e. The Morgan fingerprint density at radius 3 is 2.21 bits per heavy atom. The molecule has 8 heteroatoms. The minimum absolute atomic E-state index is 0.0684. The summed E-state index contributed by atoms with van der Waals surface area (Å²) in [6, 6.07) is 14.6. The molecule has 3 rings (SSSR count). The number of hydrogen-bond acceptors (Lipinski definition) is 5. The molecular formula is C25H30N2O6. The van der Waals surface area contributed by atoms with Crippen LogP contribution in [0.4, 0.5) is 4.79 Å². The molecule has 2 aromatic carbocycles. The number of aliphatic hydroxyl groups is 1. The Balaban J connectivity index is 1.57. The van der Waals surface area contributed by atoms with Gasteiger partial charge in [-0.2, -0.15) is 0 Å². The molecule has 8 nitrogen and oxygen atoms in total. The van der Waals surface area contributed by atoms with Gasteiger partial charge in [0, 0.05) is 19.1 Å². The van der Waals surface area contributed by atoms with Crippen LogP contribution in [0.2, 0.25) is 0 Å². The monoisotopic (exact) mass is 454 g/mol. The van der Waals surface area contributed by atoms with Crippen LogP contribution < -0.4 is 10.6 Å². The van der Waals surface area contributed by atoms with Crippen LogP contribution in [-0.4, -0.2) is 54.0 Å². The highest BCUT2D eigenvalue weighted by Crippen LogP contribution is 2.44. The van der Waals surface area contributed by atoms with Crippen LogP contribution in [-0.2, 0) is 14.3 Å². The van der Waals surface area contributed by atoms with E-state index in [9.17, 15) is 14.4 Å². The lowest BCUT2D eigenvalue weighted by Gasteiger charge is -2.19. The highest BCUT2D eigenvalue weighted by Gasteiger charge is 2.30. The molecule has 33 heavy (non-hydrogen) atoms. The number of aliphatic hydroxyl groups excluding tert-OH is 1. The van der Waals surface area contributed by atoms with E-state index in [0.717, 1.165) is 28.7 Å². The smallest absolute Gasteiger partial charge is 0.407 e. The first kappa shape index (κ1) is 24.3. The molecule has 176 valence electrons. The van der Waals surface area contributed by atoms with E-state index in [0.29, 0.717) is 13.0 Å². The Morgan fingerprint density at radius 2 is 1.64 bits per heavy atom. The maximum absolute atomic E-state index is 12.4. The first-order valence-electron chi connectivity index (χ1n) is 11.1. The van der Waals surface area contributed by atoms with Crippen LogP contribution >= 0.6 is 0 Å². The van der Waals surface area contributed by atoms with Crippen LogP contribution in [0.1, 0.15) is 43.2 Å². The number of benzene rings is 2. The standard InChI is InChI=1S/C25H30N2O6/c1-16(14-28)7-6-12-26-24(31)22(13-23(29)30)27-25(32)33-15-21-19-10-4-2-8-17(19)18-9-3-5-11-20(18)21/h2-5,8-11,16,21-22,28H,6-7,12-15H2,1H3,(H,26,31)(H,27,32)(H,29,30). The van der Waals surface area contributed by atoms with Gasteiger partial charge in [0.25, 0.3) is 0 Å². The summed E-state index contributed by atoms with van der Waals surface area (Å²) >= 11 is 0. The van der Waals surface area contributed by atoms with Gasteiger partial charge in [-0.15, -0.1) is 0 Å². The van der Waals surface area contributed by atoms with Gasteiger partial charge in [0.15, 0.2) is 0 Å². The lowest BCUT2D eigenvalue weighted by molar-refractivity contribution is -0.139. The zero-order valence-electron chi connectivity index (χ0n) is 18.6. The molecular weight excluding hydrogens is 424 g/mol. The highest BCUT2D eigenvalue weighted by molar-refractivity contribution is 5.89. The number of aliphatic carboxylic acids is 1. The van der Waals surface area contributed by atoms with Crippen molar-refractivity contribution >= 4 is 18.0 Å². The quantitative estimate of drug-likeness (QED) is 0.387. The molecule has 0 heterocycles. The maximum Gasteiger partial charge on any atom is 0.407 e. The Labute approximate surface area is 193 Å². The summed E-state index contributed by atoms with van der Waals surface area (Å²) in [7, 11) is 0. The number of amides is 2. The van der Waals surface area contributed by atoms with Gasteiger partial charge < -0.3 is 25.6 Å². The largest absolute Gasteiger partial charge is 0.481 e. The van der Waals surface area contributed by atoms with E-state index in [1.54, 1.807) is 0 Å². The van der Waals surface area contributed by atoms with E-state index >= 15 is 0 Å². The van der Waals surface area contributed by atoms with E-state index in [1.165, 1.54) is 0 Å². The summed E-state index contributed by atoms with van der Waals surface area (Å²) in [6.45, 7) is 2.36. The fourth-order valence-corrected chi connectivity index (χ4v) is 4.04. The van der Waals surface area contributed by atoms with E-state index in [-0.39, 0.29) is 25.0 Å². The second-order valence-electron chi connectivity index (χ2n) is 8.34. The lowest BCUT2D eigenvalue weighted by atomic mass is 9.98. The van der Waals surface area contributed by atoms with Gasteiger partial charge in [0.05, 0.1) is 6.42 Å². The van der Waals surface area contributed by atoms with Gasteiger partial charge in [-0.1, -0.05) is 55.5 Å². The topological polar surface area (TPSA) is 125 Å². The Bertz CT molecular complexity index is 947. The van der Waals surface area contributed by atoms with Crippen LogP contribution in [0.15, 0.2) is 48.5 Å². The van der Waals surface area contributed by atoms with Gasteiger partial charge in [-0.3, -0.25) is 9.59 Å². The maximum atomic E-state index is 12.4. The number of alkyl carbamates (subject to hydrolysis) is 1. The summed E-state index contributed by atoms with van der Waals surface area (Å²) in [4.78, 5) is 36.1. The van der Waals surface area contributed by atoms with Crippen LogP contribution in [0.3, 0.4) is 0 Å². The number of carbonyl (C=O) groups excluding carboxylic acids is 2. The number of carboxylic acid groups (broad SMARTS) is 1. The fourth-order valence-electron chi connectivity index (χ4n) is 4.04. The molecule has 1 aliphatic rings. The fraction of sp³-hybridized carbons (Fsp3) is 0.400. The Kier molecular flexibility index (Phi) is 8.43. The first-order chi connectivity index (χ1) is 15.9. The predicted octanol–water partition coefficient (Wildman–Crippen LogP) is 2.89. The molecule has 0 aliphatic heterocycles. The van der Waals surface area contributed by atoms with E-state index in [2.05, 4.69) is 10.6 Å². The van der Waals surface area contributed by atoms with Crippen molar-refractivity contribution < 1.29 is 29.3 Å². The molecule has 0 saturated heterocycles. The number of nitrogens with one attached hydrogen (secondary N) is 2. The van der Waals surface area contributed by atoms with E-state index < -0.39 is 30.4 Å². The third kappa shape index (κ3) is 6.32. The number of carboxylic acids is 1. The van der Waals surface area contributed by atoms with Gasteiger partial charge >= 0.3 is 12.1 Å². The van der Waals surface area contributed by atoms with Crippen molar-refractivity contribution in [1.82, 2.24) is 10.6 Å². The summed E-state index contributed by atoms with van der Waals surface area (Å²) in [5.74, 6) is -1.80. The van der Waals surface area contributed by atoms with Crippen molar-refractivity contribution in [3.8, 4) is 11.1 Å². The average molecular weight is 455 g/mol. The van der Waals surface area contributed by atoms with Crippen LogP contribution in [0.5, 0.6) is 0 Å². The molecule has 4 N–H and O–H groups in total. The van der Waals surface area contributed by atoms with Crippen molar-refractivity contribution in [3.05, 3.63) is 59.7 Å². The van der Waals surface area contributed by atoms with Crippen LogP contribution in [0, 0.1) is 5.92 Å². The normalized spacial score (nSPS) is 14.0. The van der Waals surface area contributed by atoms with Gasteiger partial charge in [0.1, 0.15) is 12.6 Å². The third-order valence-electron chi connectivity index (χ3n) is 5.82. The number of rotatable bonds is 11. The lowest BCUT2D eigenvalue weighted by Crippen LogP contribution is -2.48. The minimum atomic E-state index is -1.24. The van der Waals surface area contributed by atoms with E-state index in [4.69, 9.17) is 14.9 Å². The molecule has 0 radical (unpaired) electrons. The Hall–Kier alpha value is -3.39. The molecule has 2 aromatic rings. The van der Waals surface area contributed by atoms with Crippen molar-refractivity contribution in [3.63, 3.8) is 0 Å². The van der Waals surface area contributed by atoms with Crippen molar-refractivity contribution in [2.75, 3.05) is 19.8 Å². The number of ether oxygens (including phenoxy) is 1. The van der Waals surface area contributed by atoms with Crippen molar-refractivity contribution in [1.29, 1.82) is 0 Å². The molecule has 0 saturated carbocycles. The number of fused-ring (bicyclic) bond motifs is 3. The molecule has 0 bridgehead atoms. The molecule has 2 unspecified atom stereocenters. The second kappa shape index (κ2) is 11.5. The first-order valence-corrected chi connectivity index (χ1v) is 11.1. The van der Waals surface area contributed by atoms with Crippen molar-refractivity contribution in [2.24, 2.45) is 5.92 Å². The number of carbonyl (C=O) groups is 3. The molecule has 2 atom stereocenters. The summed E-state index contributed by atoms with van der Waals surface area (Å²) in [5.41, 5.74) is 4.31. The molecule has 0 aromatic heterocycles. The van der Waals surface area contributed by atoms with Crippen LogP contribution in [0.25, 0.3) is 11.1 Å². The summed E-state index contributed by atoms with van der Waals surface area (Å²) in [5, 5.41) is 23.2. The highest BCUT2D eigenvalue weighted by atomic mass is 16.5. The predicted molar refractivity (Wildman–Crippen MR) is 123 cm³/mol. The van der Waals surface area contributed by atoms with Gasteiger partial charge in [0.2, 0.25) is 5.91 Å². The zero-order chi connectivity index (χ0) is 23.8. The molecule has 0 fully saturated rings. The van der Waals surface area contributed by atoms with Gasteiger partial charge in [-0.25, -0.2) is 4.79 Å². The molecule has 1 aliphatic carbocycles. The third-order valence-corrected chi connectivity index (χ3v) is 5.82.